The van der Waals surface area contributed by atoms with Crippen molar-refractivity contribution in [2.45, 2.75) is 37.4 Å². The summed E-state index contributed by atoms with van der Waals surface area (Å²) in [4.78, 5) is 4.29. The summed E-state index contributed by atoms with van der Waals surface area (Å²) in [6.07, 6.45) is -1.51. The molecule has 1 aliphatic carbocycles. The van der Waals surface area contributed by atoms with Gasteiger partial charge in [0, 0.05) is 17.1 Å². The van der Waals surface area contributed by atoms with Crippen LogP contribution in [0.15, 0.2) is 36.5 Å². The first-order valence-electron chi connectivity index (χ1n) is 7.10. The highest BCUT2D eigenvalue weighted by Crippen LogP contribution is 2.45. The zero-order valence-corrected chi connectivity index (χ0v) is 11.5. The number of benzene rings is 1. The van der Waals surface area contributed by atoms with Crippen molar-refractivity contribution in [3.63, 3.8) is 0 Å². The second-order valence-corrected chi connectivity index (χ2v) is 5.85. The Balaban J connectivity index is 1.93. The maximum Gasteiger partial charge on any atom is 0.391 e. The number of hydrogen-bond donors (Lipinski definition) is 1. The molecule has 0 amide bonds. The van der Waals surface area contributed by atoms with Crippen molar-refractivity contribution in [3.05, 3.63) is 42.1 Å². The van der Waals surface area contributed by atoms with E-state index in [-0.39, 0.29) is 12.8 Å². The van der Waals surface area contributed by atoms with Crippen molar-refractivity contribution in [1.82, 2.24) is 4.98 Å². The lowest BCUT2D eigenvalue weighted by Gasteiger charge is -2.38. The number of pyridine rings is 1. The van der Waals surface area contributed by atoms with Crippen LogP contribution < -0.4 is 5.73 Å². The summed E-state index contributed by atoms with van der Waals surface area (Å²) in [5.41, 5.74) is 7.51. The van der Waals surface area contributed by atoms with Crippen LogP contribution in [-0.2, 0) is 5.54 Å². The van der Waals surface area contributed by atoms with Crippen LogP contribution >= 0.6 is 0 Å². The van der Waals surface area contributed by atoms with Gasteiger partial charge in [-0.2, -0.15) is 13.2 Å². The van der Waals surface area contributed by atoms with Gasteiger partial charge in [-0.25, -0.2) is 0 Å². The first-order chi connectivity index (χ1) is 9.90. The minimum absolute atomic E-state index is 0.0939. The minimum Gasteiger partial charge on any atom is -0.321 e. The van der Waals surface area contributed by atoms with Gasteiger partial charge in [-0.3, -0.25) is 4.98 Å². The van der Waals surface area contributed by atoms with E-state index in [4.69, 9.17) is 5.73 Å². The van der Waals surface area contributed by atoms with E-state index >= 15 is 0 Å². The second-order valence-electron chi connectivity index (χ2n) is 5.85. The molecule has 1 aromatic carbocycles. The molecule has 1 aromatic heterocycles. The zero-order valence-electron chi connectivity index (χ0n) is 11.5. The lowest BCUT2D eigenvalue weighted by atomic mass is 9.72. The fraction of sp³-hybridized carbons (Fsp3) is 0.438. The monoisotopic (exact) mass is 294 g/mol. The molecule has 0 aliphatic heterocycles. The molecule has 0 radical (unpaired) electrons. The molecule has 21 heavy (non-hydrogen) atoms. The average Bonchev–Trinajstić information content (AvgIpc) is 2.46. The Bertz CT molecular complexity index is 638. The Morgan fingerprint density at radius 2 is 1.81 bits per heavy atom. The molecule has 0 spiro atoms. The number of hydrogen-bond acceptors (Lipinski definition) is 2. The molecular weight excluding hydrogens is 277 g/mol. The molecule has 112 valence electrons. The summed E-state index contributed by atoms with van der Waals surface area (Å²) < 4.78 is 38.4. The van der Waals surface area contributed by atoms with Gasteiger partial charge in [0.15, 0.2) is 0 Å². The van der Waals surface area contributed by atoms with E-state index in [1.54, 1.807) is 6.20 Å². The number of nitrogens with two attached hydrogens (primary N) is 1. The Morgan fingerprint density at radius 1 is 1.10 bits per heavy atom. The highest BCUT2D eigenvalue weighted by molar-refractivity contribution is 5.83. The number of aromatic nitrogens is 1. The Labute approximate surface area is 121 Å². The van der Waals surface area contributed by atoms with Gasteiger partial charge in [0.25, 0.3) is 0 Å². The van der Waals surface area contributed by atoms with Crippen molar-refractivity contribution in [2.75, 3.05) is 0 Å². The lowest BCUT2D eigenvalue weighted by molar-refractivity contribution is -0.184. The third-order valence-corrected chi connectivity index (χ3v) is 4.52. The van der Waals surface area contributed by atoms with Crippen LogP contribution in [0.5, 0.6) is 0 Å². The summed E-state index contributed by atoms with van der Waals surface area (Å²) in [5.74, 6) is -1.22. The molecule has 0 saturated heterocycles. The van der Waals surface area contributed by atoms with Crippen LogP contribution in [0, 0.1) is 5.92 Å². The van der Waals surface area contributed by atoms with Crippen LogP contribution in [0.25, 0.3) is 10.9 Å². The summed E-state index contributed by atoms with van der Waals surface area (Å²) >= 11 is 0. The van der Waals surface area contributed by atoms with Gasteiger partial charge in [0.05, 0.1) is 11.4 Å². The molecule has 2 N–H and O–H groups in total. The molecule has 1 fully saturated rings. The Kier molecular flexibility index (Phi) is 3.40. The van der Waals surface area contributed by atoms with E-state index in [2.05, 4.69) is 4.98 Å². The van der Waals surface area contributed by atoms with Gasteiger partial charge in [-0.05, 0) is 43.4 Å². The number of halogens is 3. The summed E-state index contributed by atoms with van der Waals surface area (Å²) in [6.45, 7) is 0. The van der Waals surface area contributed by atoms with Crippen LogP contribution in [0.4, 0.5) is 13.2 Å². The first-order valence-corrected chi connectivity index (χ1v) is 7.10. The van der Waals surface area contributed by atoms with Gasteiger partial charge < -0.3 is 5.73 Å². The standard InChI is InChI=1S/C16H17F3N2/c17-16(18,19)11-6-8-15(20,9-7-11)13-4-1-5-14-12(13)3-2-10-21-14/h1-5,10-11H,6-9,20H2. The molecule has 2 aromatic rings. The molecule has 0 bridgehead atoms. The van der Waals surface area contributed by atoms with E-state index < -0.39 is 17.6 Å². The van der Waals surface area contributed by atoms with E-state index in [0.29, 0.717) is 12.8 Å². The Morgan fingerprint density at radius 3 is 2.48 bits per heavy atom. The second kappa shape index (κ2) is 4.98. The fourth-order valence-electron chi connectivity index (χ4n) is 3.27. The van der Waals surface area contributed by atoms with Crippen LogP contribution in [-0.4, -0.2) is 11.2 Å². The molecule has 5 heteroatoms. The van der Waals surface area contributed by atoms with Gasteiger partial charge in [-0.15, -0.1) is 0 Å². The quantitative estimate of drug-likeness (QED) is 0.858. The number of alkyl halides is 3. The third kappa shape index (κ3) is 2.62. The van der Waals surface area contributed by atoms with E-state index in [0.717, 1.165) is 16.5 Å². The molecule has 3 rings (SSSR count). The predicted octanol–water partition coefficient (Wildman–Crippen LogP) is 4.14. The van der Waals surface area contributed by atoms with Crippen molar-refractivity contribution < 1.29 is 13.2 Å². The van der Waals surface area contributed by atoms with Gasteiger partial charge in [0.2, 0.25) is 0 Å². The SMILES string of the molecule is NC1(c2cccc3ncccc23)CCC(C(F)(F)F)CC1. The van der Waals surface area contributed by atoms with Crippen molar-refractivity contribution in [2.24, 2.45) is 11.7 Å². The zero-order chi connectivity index (χ0) is 15.1. The highest BCUT2D eigenvalue weighted by Gasteiger charge is 2.45. The minimum atomic E-state index is -4.11. The van der Waals surface area contributed by atoms with Crippen molar-refractivity contribution in [3.8, 4) is 0 Å². The normalized spacial score (nSPS) is 27.0. The molecule has 1 heterocycles. The van der Waals surface area contributed by atoms with Gasteiger partial charge in [-0.1, -0.05) is 18.2 Å². The molecule has 0 atom stereocenters. The topological polar surface area (TPSA) is 38.9 Å². The maximum absolute atomic E-state index is 12.8. The van der Waals surface area contributed by atoms with Crippen molar-refractivity contribution in [1.29, 1.82) is 0 Å². The van der Waals surface area contributed by atoms with Gasteiger partial charge >= 0.3 is 6.18 Å². The van der Waals surface area contributed by atoms with E-state index in [9.17, 15) is 13.2 Å². The highest BCUT2D eigenvalue weighted by atomic mass is 19.4. The smallest absolute Gasteiger partial charge is 0.321 e. The van der Waals surface area contributed by atoms with Crippen molar-refractivity contribution >= 4 is 10.9 Å². The largest absolute Gasteiger partial charge is 0.391 e. The molecule has 1 saturated carbocycles. The van der Waals surface area contributed by atoms with Crippen LogP contribution in [0.2, 0.25) is 0 Å². The summed E-state index contributed by atoms with van der Waals surface area (Å²) in [5, 5.41) is 0.938. The van der Waals surface area contributed by atoms with E-state index in [1.807, 2.05) is 30.3 Å². The number of rotatable bonds is 1. The van der Waals surface area contributed by atoms with Crippen LogP contribution in [0.3, 0.4) is 0 Å². The molecule has 2 nitrogen and oxygen atoms in total. The maximum atomic E-state index is 12.8. The first kappa shape index (κ1) is 14.3. The lowest BCUT2D eigenvalue weighted by Crippen LogP contribution is -2.43. The molecule has 1 aliphatic rings. The average molecular weight is 294 g/mol. The summed E-state index contributed by atoms with van der Waals surface area (Å²) in [7, 11) is 0. The van der Waals surface area contributed by atoms with E-state index in [1.165, 1.54) is 0 Å². The van der Waals surface area contributed by atoms with Crippen LogP contribution in [0.1, 0.15) is 31.2 Å². The number of nitrogens with zero attached hydrogens (tertiary/aromatic N) is 1. The molecular formula is C16H17F3N2. The number of fused-ring (bicyclic) bond motifs is 1. The van der Waals surface area contributed by atoms with Gasteiger partial charge in [0.1, 0.15) is 0 Å². The third-order valence-electron chi connectivity index (χ3n) is 4.52. The Hall–Kier alpha value is -1.62. The predicted molar refractivity (Wildman–Crippen MR) is 75.6 cm³/mol. The molecule has 0 unspecified atom stereocenters. The fourth-order valence-corrected chi connectivity index (χ4v) is 3.27. The summed E-state index contributed by atoms with van der Waals surface area (Å²) in [6, 6.07) is 9.44.